The van der Waals surface area contributed by atoms with Crippen LogP contribution in [-0.2, 0) is 13.0 Å². The quantitative estimate of drug-likeness (QED) is 0.741. The molecule has 0 N–H and O–H groups in total. The molecule has 0 aliphatic carbocycles. The predicted molar refractivity (Wildman–Crippen MR) is 76.9 cm³/mol. The fraction of sp³-hybridized carbons (Fsp3) is 0.286. The van der Waals surface area contributed by atoms with Gasteiger partial charge in [-0.2, -0.15) is 0 Å². The van der Waals surface area contributed by atoms with Crippen LogP contribution in [0.4, 0.5) is 4.39 Å². The van der Waals surface area contributed by atoms with Crippen LogP contribution in [0.3, 0.4) is 0 Å². The maximum absolute atomic E-state index is 12.7. The molecule has 0 amide bonds. The zero-order valence-corrected chi connectivity index (χ0v) is 11.7. The normalized spacial score (nSPS) is 11.3. The number of furan rings is 1. The first kappa shape index (κ1) is 13.1. The van der Waals surface area contributed by atoms with Gasteiger partial charge in [0.2, 0.25) is 0 Å². The fourth-order valence-corrected chi connectivity index (χ4v) is 3.20. The van der Waals surface area contributed by atoms with Gasteiger partial charge in [-0.1, -0.05) is 6.92 Å². The molecular formula is C14H13FN2O2S. The molecule has 0 radical (unpaired) electrons. The van der Waals surface area contributed by atoms with Gasteiger partial charge in [0.1, 0.15) is 23.1 Å². The van der Waals surface area contributed by atoms with Gasteiger partial charge in [-0.3, -0.25) is 9.36 Å². The van der Waals surface area contributed by atoms with Crippen LogP contribution in [-0.4, -0.2) is 16.2 Å². The van der Waals surface area contributed by atoms with Crippen molar-refractivity contribution in [3.63, 3.8) is 0 Å². The smallest absolute Gasteiger partial charge is 0.263 e. The second-order valence-electron chi connectivity index (χ2n) is 4.33. The van der Waals surface area contributed by atoms with Gasteiger partial charge in [-0.05, 0) is 12.1 Å². The van der Waals surface area contributed by atoms with E-state index in [1.54, 1.807) is 18.4 Å². The van der Waals surface area contributed by atoms with Crippen molar-refractivity contribution in [1.29, 1.82) is 0 Å². The predicted octanol–water partition coefficient (Wildman–Crippen LogP) is 3.25. The standard InChI is InChI=1S/C14H13FN2O2S/c1-2-11-16-13-12(14(18)17(11)6-5-15)9(8-20-13)10-4-3-7-19-10/h3-4,7-8H,2,5-6H2,1H3. The summed E-state index contributed by atoms with van der Waals surface area (Å²) >= 11 is 1.40. The Morgan fingerprint density at radius 2 is 2.35 bits per heavy atom. The number of rotatable bonds is 4. The molecule has 0 unspecified atom stereocenters. The Hall–Kier alpha value is -1.95. The Labute approximate surface area is 118 Å². The number of nitrogens with zero attached hydrogens (tertiary/aromatic N) is 2. The largest absolute Gasteiger partial charge is 0.464 e. The summed E-state index contributed by atoms with van der Waals surface area (Å²) in [5.41, 5.74) is 0.528. The number of hydrogen-bond donors (Lipinski definition) is 0. The maximum Gasteiger partial charge on any atom is 0.263 e. The number of fused-ring (bicyclic) bond motifs is 1. The first-order valence-corrected chi connectivity index (χ1v) is 7.25. The summed E-state index contributed by atoms with van der Waals surface area (Å²) in [4.78, 5) is 17.7. The molecule has 3 aromatic rings. The van der Waals surface area contributed by atoms with E-state index in [1.165, 1.54) is 15.9 Å². The Bertz CT molecular complexity index is 789. The summed E-state index contributed by atoms with van der Waals surface area (Å²) in [5.74, 6) is 1.25. The average molecular weight is 292 g/mol. The lowest BCUT2D eigenvalue weighted by molar-refractivity contribution is 0.432. The second kappa shape index (κ2) is 5.20. The molecule has 20 heavy (non-hydrogen) atoms. The fourth-order valence-electron chi connectivity index (χ4n) is 2.26. The highest BCUT2D eigenvalue weighted by molar-refractivity contribution is 7.17. The third kappa shape index (κ3) is 1.96. The Morgan fingerprint density at radius 1 is 1.50 bits per heavy atom. The third-order valence-corrected chi connectivity index (χ3v) is 4.06. The number of halogens is 1. The summed E-state index contributed by atoms with van der Waals surface area (Å²) in [7, 11) is 0. The lowest BCUT2D eigenvalue weighted by atomic mass is 10.2. The molecule has 6 heteroatoms. The first-order valence-electron chi connectivity index (χ1n) is 6.37. The minimum absolute atomic E-state index is 0.0401. The lowest BCUT2D eigenvalue weighted by Crippen LogP contribution is -2.25. The summed E-state index contributed by atoms with van der Waals surface area (Å²) in [6, 6.07) is 3.57. The van der Waals surface area contributed by atoms with Crippen LogP contribution >= 0.6 is 11.3 Å². The zero-order valence-electron chi connectivity index (χ0n) is 10.9. The highest BCUT2D eigenvalue weighted by atomic mass is 32.1. The zero-order chi connectivity index (χ0) is 14.1. The monoisotopic (exact) mass is 292 g/mol. The molecule has 0 atom stereocenters. The van der Waals surface area contributed by atoms with Gasteiger partial charge >= 0.3 is 0 Å². The van der Waals surface area contributed by atoms with Crippen molar-refractivity contribution in [2.75, 3.05) is 6.67 Å². The number of alkyl halides is 1. The van der Waals surface area contributed by atoms with E-state index in [1.807, 2.05) is 12.3 Å². The molecular weight excluding hydrogens is 279 g/mol. The first-order chi connectivity index (χ1) is 9.76. The van der Waals surface area contributed by atoms with Gasteiger partial charge < -0.3 is 4.42 Å². The van der Waals surface area contributed by atoms with Gasteiger partial charge in [0, 0.05) is 17.4 Å². The van der Waals surface area contributed by atoms with Gasteiger partial charge in [0.05, 0.1) is 18.2 Å². The molecule has 3 aromatic heterocycles. The topological polar surface area (TPSA) is 48.0 Å². The van der Waals surface area contributed by atoms with Gasteiger partial charge in [-0.25, -0.2) is 9.37 Å². The van der Waals surface area contributed by atoms with Crippen LogP contribution in [0.15, 0.2) is 33.0 Å². The summed E-state index contributed by atoms with van der Waals surface area (Å²) in [6.45, 7) is 1.36. The molecule has 0 bridgehead atoms. The molecule has 0 saturated heterocycles. The van der Waals surface area contributed by atoms with E-state index in [2.05, 4.69) is 4.98 Å². The third-order valence-electron chi connectivity index (χ3n) is 3.18. The molecule has 0 saturated carbocycles. The van der Waals surface area contributed by atoms with Crippen LogP contribution in [0, 0.1) is 0 Å². The van der Waals surface area contributed by atoms with Crippen molar-refractivity contribution in [3.05, 3.63) is 40.0 Å². The Kier molecular flexibility index (Phi) is 3.40. The minimum Gasteiger partial charge on any atom is -0.464 e. The molecule has 0 aromatic carbocycles. The summed E-state index contributed by atoms with van der Waals surface area (Å²) in [5, 5.41) is 2.37. The van der Waals surface area contributed by atoms with E-state index < -0.39 is 6.67 Å². The average Bonchev–Trinajstić information content (AvgIpc) is 3.09. The minimum atomic E-state index is -0.583. The van der Waals surface area contributed by atoms with E-state index >= 15 is 0 Å². The Morgan fingerprint density at radius 3 is 3.00 bits per heavy atom. The summed E-state index contributed by atoms with van der Waals surface area (Å²) in [6.07, 6.45) is 2.16. The molecule has 104 valence electrons. The maximum atomic E-state index is 12.7. The number of aromatic nitrogens is 2. The van der Waals surface area contributed by atoms with Gasteiger partial charge in [-0.15, -0.1) is 11.3 Å². The van der Waals surface area contributed by atoms with Gasteiger partial charge in [0.25, 0.3) is 5.56 Å². The molecule has 0 spiro atoms. The van der Waals surface area contributed by atoms with Crippen molar-refractivity contribution in [2.24, 2.45) is 0 Å². The van der Waals surface area contributed by atoms with E-state index in [0.717, 1.165) is 5.56 Å². The molecule has 3 heterocycles. The number of hydrogen-bond acceptors (Lipinski definition) is 4. The van der Waals surface area contributed by atoms with Crippen molar-refractivity contribution in [2.45, 2.75) is 19.9 Å². The van der Waals surface area contributed by atoms with Crippen molar-refractivity contribution < 1.29 is 8.81 Å². The number of aryl methyl sites for hydroxylation is 1. The molecule has 0 aliphatic rings. The highest BCUT2D eigenvalue weighted by Crippen LogP contribution is 2.31. The summed E-state index contributed by atoms with van der Waals surface area (Å²) < 4.78 is 19.4. The van der Waals surface area contributed by atoms with Crippen LogP contribution < -0.4 is 5.56 Å². The highest BCUT2D eigenvalue weighted by Gasteiger charge is 2.17. The lowest BCUT2D eigenvalue weighted by Gasteiger charge is -2.09. The Balaban J connectivity index is 2.32. The SMILES string of the molecule is CCc1nc2scc(-c3ccco3)c2c(=O)n1CCF. The molecule has 3 rings (SSSR count). The number of thiophene rings is 1. The van der Waals surface area contributed by atoms with E-state index in [-0.39, 0.29) is 12.1 Å². The van der Waals surface area contributed by atoms with E-state index in [4.69, 9.17) is 4.42 Å². The van der Waals surface area contributed by atoms with Crippen molar-refractivity contribution >= 4 is 21.6 Å². The van der Waals surface area contributed by atoms with Crippen molar-refractivity contribution in [3.8, 4) is 11.3 Å². The van der Waals surface area contributed by atoms with E-state index in [9.17, 15) is 9.18 Å². The van der Waals surface area contributed by atoms with E-state index in [0.29, 0.717) is 28.2 Å². The van der Waals surface area contributed by atoms with Gasteiger partial charge in [0.15, 0.2) is 0 Å². The molecule has 0 fully saturated rings. The molecule has 4 nitrogen and oxygen atoms in total. The van der Waals surface area contributed by atoms with Crippen LogP contribution in [0.1, 0.15) is 12.7 Å². The van der Waals surface area contributed by atoms with Crippen LogP contribution in [0.5, 0.6) is 0 Å². The van der Waals surface area contributed by atoms with Crippen molar-refractivity contribution in [1.82, 2.24) is 9.55 Å². The van der Waals surface area contributed by atoms with Crippen LogP contribution in [0.2, 0.25) is 0 Å². The molecule has 0 aliphatic heterocycles. The second-order valence-corrected chi connectivity index (χ2v) is 5.19. The van der Waals surface area contributed by atoms with Crippen LogP contribution in [0.25, 0.3) is 21.5 Å².